The Kier molecular flexibility index (Phi) is 6.84. The molecule has 1 saturated carbocycles. The van der Waals surface area contributed by atoms with Crippen LogP contribution in [0, 0.1) is 16.7 Å². The molecule has 1 amide bonds. The number of hydrogen-bond acceptors (Lipinski definition) is 4. The van der Waals surface area contributed by atoms with Crippen molar-refractivity contribution in [3.05, 3.63) is 71.3 Å². The second kappa shape index (κ2) is 9.25. The minimum Gasteiger partial charge on any atom is -0.480 e. The predicted octanol–water partition coefficient (Wildman–Crippen LogP) is 3.52. The Morgan fingerprint density at radius 1 is 1.06 bits per heavy atom. The van der Waals surface area contributed by atoms with Crippen molar-refractivity contribution in [2.75, 3.05) is 0 Å². The second-order valence-electron chi connectivity index (χ2n) is 9.51. The normalized spacial score (nSPS) is 23.8. The topological polar surface area (TPSA) is 104 Å². The first-order valence-electron chi connectivity index (χ1n) is 10.9. The molecule has 3 unspecified atom stereocenters. The number of aliphatic hydroxyl groups is 1. The lowest BCUT2D eigenvalue weighted by Crippen LogP contribution is -2.48. The van der Waals surface area contributed by atoms with E-state index in [1.165, 1.54) is 0 Å². The number of carboxylic acid groups (broad SMARTS) is 1. The Balaban J connectivity index is 1.69. The molecule has 0 aromatic heterocycles. The van der Waals surface area contributed by atoms with Crippen LogP contribution in [-0.4, -0.2) is 34.4 Å². The van der Waals surface area contributed by atoms with Crippen molar-refractivity contribution in [1.82, 2.24) is 5.32 Å². The van der Waals surface area contributed by atoms with E-state index in [0.717, 1.165) is 17.4 Å². The SMILES string of the molecule is CC1(C=O)CCC(C(=O)N[C@@H](Cc2ccc(C(O)c3ccccc3)cc2)C(=O)O)C1(C)C. The molecule has 3 N–H and O–H groups in total. The first-order chi connectivity index (χ1) is 15.1. The van der Waals surface area contributed by atoms with Gasteiger partial charge in [0.05, 0.1) is 0 Å². The van der Waals surface area contributed by atoms with Crippen molar-refractivity contribution in [2.24, 2.45) is 16.7 Å². The van der Waals surface area contributed by atoms with E-state index >= 15 is 0 Å². The Morgan fingerprint density at radius 3 is 2.19 bits per heavy atom. The molecule has 6 heteroatoms. The zero-order valence-electron chi connectivity index (χ0n) is 18.7. The van der Waals surface area contributed by atoms with Crippen molar-refractivity contribution in [3.63, 3.8) is 0 Å². The number of aliphatic hydroxyl groups excluding tert-OH is 1. The zero-order valence-corrected chi connectivity index (χ0v) is 18.7. The summed E-state index contributed by atoms with van der Waals surface area (Å²) >= 11 is 0. The molecule has 1 aliphatic rings. The van der Waals surface area contributed by atoms with Gasteiger partial charge in [0.2, 0.25) is 5.91 Å². The van der Waals surface area contributed by atoms with E-state index in [4.69, 9.17) is 0 Å². The highest BCUT2D eigenvalue weighted by atomic mass is 16.4. The summed E-state index contributed by atoms with van der Waals surface area (Å²) in [6, 6.07) is 15.3. The number of carbonyl (C=O) groups is 3. The fourth-order valence-corrected chi connectivity index (χ4v) is 4.57. The van der Waals surface area contributed by atoms with Crippen LogP contribution in [0.4, 0.5) is 0 Å². The molecule has 32 heavy (non-hydrogen) atoms. The maximum atomic E-state index is 12.9. The molecule has 2 aromatic rings. The first-order valence-corrected chi connectivity index (χ1v) is 10.9. The Bertz CT molecular complexity index is 969. The van der Waals surface area contributed by atoms with Gasteiger partial charge in [0.1, 0.15) is 18.4 Å². The zero-order chi connectivity index (χ0) is 23.5. The summed E-state index contributed by atoms with van der Waals surface area (Å²) in [5.74, 6) is -1.87. The molecule has 1 aliphatic carbocycles. The largest absolute Gasteiger partial charge is 0.480 e. The summed E-state index contributed by atoms with van der Waals surface area (Å²) < 4.78 is 0. The van der Waals surface area contributed by atoms with Gasteiger partial charge in [-0.1, -0.05) is 75.4 Å². The highest BCUT2D eigenvalue weighted by molar-refractivity contribution is 5.86. The lowest BCUT2D eigenvalue weighted by Gasteiger charge is -2.37. The van der Waals surface area contributed by atoms with Crippen LogP contribution in [0.3, 0.4) is 0 Å². The molecular weight excluding hydrogens is 406 g/mol. The summed E-state index contributed by atoms with van der Waals surface area (Å²) in [6.45, 7) is 5.64. The highest BCUT2D eigenvalue weighted by Gasteiger charge is 2.54. The summed E-state index contributed by atoms with van der Waals surface area (Å²) in [7, 11) is 0. The number of benzene rings is 2. The van der Waals surface area contributed by atoms with Gasteiger partial charge in [-0.3, -0.25) is 4.79 Å². The molecule has 0 saturated heterocycles. The Hall–Kier alpha value is -2.99. The predicted molar refractivity (Wildman–Crippen MR) is 121 cm³/mol. The van der Waals surface area contributed by atoms with Crippen LogP contribution in [0.25, 0.3) is 0 Å². The van der Waals surface area contributed by atoms with Gasteiger partial charge in [0, 0.05) is 17.8 Å². The van der Waals surface area contributed by atoms with Crippen LogP contribution >= 0.6 is 0 Å². The maximum Gasteiger partial charge on any atom is 0.326 e. The second-order valence-corrected chi connectivity index (χ2v) is 9.51. The summed E-state index contributed by atoms with van der Waals surface area (Å²) in [6.07, 6.45) is 1.43. The number of aldehydes is 1. The van der Waals surface area contributed by atoms with Crippen LogP contribution in [0.15, 0.2) is 54.6 Å². The molecule has 6 nitrogen and oxygen atoms in total. The van der Waals surface area contributed by atoms with E-state index in [1.807, 2.05) is 51.1 Å². The number of nitrogens with one attached hydrogen (secondary N) is 1. The van der Waals surface area contributed by atoms with Crippen LogP contribution in [-0.2, 0) is 20.8 Å². The number of amides is 1. The van der Waals surface area contributed by atoms with E-state index in [-0.39, 0.29) is 12.3 Å². The molecule has 0 heterocycles. The fraction of sp³-hybridized carbons (Fsp3) is 0.423. The molecule has 0 spiro atoms. The van der Waals surface area contributed by atoms with E-state index in [1.54, 1.807) is 24.3 Å². The third-order valence-electron chi connectivity index (χ3n) is 7.34. The molecule has 1 fully saturated rings. The third-order valence-corrected chi connectivity index (χ3v) is 7.34. The van der Waals surface area contributed by atoms with Crippen molar-refractivity contribution >= 4 is 18.2 Å². The van der Waals surface area contributed by atoms with Crippen LogP contribution < -0.4 is 5.32 Å². The van der Waals surface area contributed by atoms with Crippen LogP contribution in [0.1, 0.15) is 56.4 Å². The quantitative estimate of drug-likeness (QED) is 0.548. The van der Waals surface area contributed by atoms with E-state index in [2.05, 4.69) is 5.32 Å². The molecule has 0 radical (unpaired) electrons. The molecule has 0 bridgehead atoms. The molecule has 2 aromatic carbocycles. The smallest absolute Gasteiger partial charge is 0.326 e. The molecular formula is C26H31NO5. The number of carbonyl (C=O) groups excluding carboxylic acids is 2. The van der Waals surface area contributed by atoms with Gasteiger partial charge in [-0.15, -0.1) is 0 Å². The van der Waals surface area contributed by atoms with Gasteiger partial charge in [-0.2, -0.15) is 0 Å². The summed E-state index contributed by atoms with van der Waals surface area (Å²) in [5.41, 5.74) is 1.06. The lowest BCUT2D eigenvalue weighted by atomic mass is 9.66. The standard InChI is InChI=1S/C26H31NO5/c1-25(2)20(13-14-26(25,3)16-28)23(30)27-21(24(31)32)15-17-9-11-19(12-10-17)22(29)18-7-5-4-6-8-18/h4-12,16,20-22,29H,13-15H2,1-3H3,(H,27,30)(H,31,32)/t20?,21-,22?,26?/m0/s1. The van der Waals surface area contributed by atoms with Gasteiger partial charge >= 0.3 is 5.97 Å². The van der Waals surface area contributed by atoms with Gasteiger partial charge in [0.15, 0.2) is 0 Å². The molecule has 0 aliphatic heterocycles. The maximum absolute atomic E-state index is 12.9. The van der Waals surface area contributed by atoms with Crippen LogP contribution in [0.5, 0.6) is 0 Å². The monoisotopic (exact) mass is 437 g/mol. The highest BCUT2D eigenvalue weighted by Crippen LogP contribution is 2.54. The Morgan fingerprint density at radius 2 is 1.66 bits per heavy atom. The van der Waals surface area contributed by atoms with E-state index in [9.17, 15) is 24.6 Å². The molecule has 3 rings (SSSR count). The number of carboxylic acids is 1. The van der Waals surface area contributed by atoms with Gasteiger partial charge in [0.25, 0.3) is 0 Å². The molecule has 4 atom stereocenters. The van der Waals surface area contributed by atoms with Gasteiger partial charge < -0.3 is 20.3 Å². The number of rotatable bonds is 8. The fourth-order valence-electron chi connectivity index (χ4n) is 4.57. The minimum atomic E-state index is -1.11. The van der Waals surface area contributed by atoms with Gasteiger partial charge in [-0.25, -0.2) is 4.79 Å². The van der Waals surface area contributed by atoms with Crippen molar-refractivity contribution < 1.29 is 24.6 Å². The average molecular weight is 438 g/mol. The van der Waals surface area contributed by atoms with E-state index in [0.29, 0.717) is 18.4 Å². The average Bonchev–Trinajstić information content (AvgIpc) is 3.03. The van der Waals surface area contributed by atoms with Crippen molar-refractivity contribution in [1.29, 1.82) is 0 Å². The summed E-state index contributed by atoms with van der Waals surface area (Å²) in [4.78, 5) is 36.4. The van der Waals surface area contributed by atoms with Crippen molar-refractivity contribution in [3.8, 4) is 0 Å². The minimum absolute atomic E-state index is 0.126. The Labute approximate surface area is 188 Å². The lowest BCUT2D eigenvalue weighted by molar-refractivity contribution is -0.143. The van der Waals surface area contributed by atoms with Crippen molar-refractivity contribution in [2.45, 2.75) is 52.2 Å². The molecule has 170 valence electrons. The number of aliphatic carboxylic acids is 1. The van der Waals surface area contributed by atoms with E-state index < -0.39 is 34.9 Å². The van der Waals surface area contributed by atoms with Gasteiger partial charge in [-0.05, 0) is 34.9 Å². The third kappa shape index (κ3) is 4.60. The van der Waals surface area contributed by atoms with Crippen LogP contribution in [0.2, 0.25) is 0 Å². The first kappa shape index (κ1) is 23.7. The number of hydrogen-bond donors (Lipinski definition) is 3. The summed E-state index contributed by atoms with van der Waals surface area (Å²) in [5, 5.41) is 22.9.